The van der Waals surface area contributed by atoms with Crippen molar-refractivity contribution in [1.29, 1.82) is 0 Å². The van der Waals surface area contributed by atoms with E-state index in [0.29, 0.717) is 13.1 Å². The fraction of sp³-hybridized carbons (Fsp3) is 0.529. The van der Waals surface area contributed by atoms with Gasteiger partial charge in [0.25, 0.3) is 0 Å². The highest BCUT2D eigenvalue weighted by Gasteiger charge is 2.32. The van der Waals surface area contributed by atoms with Crippen molar-refractivity contribution in [2.75, 3.05) is 19.6 Å². The monoisotopic (exact) mass is 326 g/mol. The third kappa shape index (κ3) is 4.26. The van der Waals surface area contributed by atoms with Gasteiger partial charge in [0.15, 0.2) is 0 Å². The fourth-order valence-electron chi connectivity index (χ4n) is 3.16. The molecule has 0 saturated carbocycles. The molecule has 0 amide bonds. The summed E-state index contributed by atoms with van der Waals surface area (Å²) in [5.41, 5.74) is 0.858. The maximum Gasteiger partial charge on any atom is 0.401 e. The van der Waals surface area contributed by atoms with E-state index in [2.05, 4.69) is 5.32 Å². The number of halogens is 3. The molecular weight excluding hydrogens is 305 g/mol. The summed E-state index contributed by atoms with van der Waals surface area (Å²) in [5.74, 6) is 0.865. The van der Waals surface area contributed by atoms with Gasteiger partial charge in [-0.05, 0) is 45.0 Å². The number of hydrogen-bond acceptors (Lipinski definition) is 3. The average Bonchev–Trinajstić information content (AvgIpc) is 2.92. The molecule has 0 radical (unpaired) electrons. The molecule has 0 bridgehead atoms. The van der Waals surface area contributed by atoms with Crippen LogP contribution in [-0.2, 0) is 0 Å². The van der Waals surface area contributed by atoms with E-state index in [4.69, 9.17) is 4.42 Å². The van der Waals surface area contributed by atoms with Crippen LogP contribution in [0.15, 0.2) is 34.7 Å². The summed E-state index contributed by atoms with van der Waals surface area (Å²) in [7, 11) is 0. The Morgan fingerprint density at radius 2 is 1.96 bits per heavy atom. The average molecular weight is 326 g/mol. The van der Waals surface area contributed by atoms with Crippen molar-refractivity contribution >= 4 is 11.0 Å². The molecule has 1 saturated heterocycles. The SMILES string of the molecule is CC(NC1CCN(CC(F)(F)F)CC1)c1cc2ccccc2o1. The van der Waals surface area contributed by atoms with E-state index in [9.17, 15) is 13.2 Å². The Labute approximate surface area is 133 Å². The van der Waals surface area contributed by atoms with Crippen molar-refractivity contribution in [3.63, 3.8) is 0 Å². The number of rotatable bonds is 4. The van der Waals surface area contributed by atoms with Crippen molar-refractivity contribution in [3.05, 3.63) is 36.1 Å². The molecule has 1 atom stereocenters. The summed E-state index contributed by atoms with van der Waals surface area (Å²) >= 11 is 0. The van der Waals surface area contributed by atoms with Crippen LogP contribution in [0.2, 0.25) is 0 Å². The number of hydrogen-bond donors (Lipinski definition) is 1. The minimum atomic E-state index is -4.11. The van der Waals surface area contributed by atoms with Crippen LogP contribution in [0.4, 0.5) is 13.2 Å². The number of likely N-dealkylation sites (tertiary alicyclic amines) is 1. The Kier molecular flexibility index (Phi) is 4.64. The normalized spacial score (nSPS) is 19.3. The second-order valence-corrected chi connectivity index (χ2v) is 6.24. The van der Waals surface area contributed by atoms with Gasteiger partial charge in [0.1, 0.15) is 11.3 Å². The van der Waals surface area contributed by atoms with Gasteiger partial charge in [0.05, 0.1) is 12.6 Å². The van der Waals surface area contributed by atoms with Crippen LogP contribution >= 0.6 is 0 Å². The maximum absolute atomic E-state index is 12.4. The summed E-state index contributed by atoms with van der Waals surface area (Å²) in [6, 6.07) is 10.1. The van der Waals surface area contributed by atoms with Crippen molar-refractivity contribution in [3.8, 4) is 0 Å². The number of piperidine rings is 1. The van der Waals surface area contributed by atoms with Gasteiger partial charge >= 0.3 is 6.18 Å². The number of alkyl halides is 3. The van der Waals surface area contributed by atoms with Gasteiger partial charge < -0.3 is 9.73 Å². The number of fused-ring (bicyclic) bond motifs is 1. The van der Waals surface area contributed by atoms with Crippen LogP contribution in [0.5, 0.6) is 0 Å². The lowest BCUT2D eigenvalue weighted by molar-refractivity contribution is -0.148. The molecule has 1 unspecified atom stereocenters. The van der Waals surface area contributed by atoms with Crippen LogP contribution in [0.3, 0.4) is 0 Å². The van der Waals surface area contributed by atoms with Crippen LogP contribution in [0.1, 0.15) is 31.6 Å². The molecule has 0 spiro atoms. The fourth-order valence-corrected chi connectivity index (χ4v) is 3.16. The second-order valence-electron chi connectivity index (χ2n) is 6.24. The van der Waals surface area contributed by atoms with Crippen LogP contribution < -0.4 is 5.32 Å². The lowest BCUT2D eigenvalue weighted by Crippen LogP contribution is -2.46. The van der Waals surface area contributed by atoms with Gasteiger partial charge in [-0.15, -0.1) is 0 Å². The van der Waals surface area contributed by atoms with Gasteiger partial charge in [-0.3, -0.25) is 4.90 Å². The molecule has 2 aromatic rings. The van der Waals surface area contributed by atoms with Gasteiger partial charge in [0, 0.05) is 11.4 Å². The smallest absolute Gasteiger partial charge is 0.401 e. The first kappa shape index (κ1) is 16.3. The topological polar surface area (TPSA) is 28.4 Å². The molecule has 23 heavy (non-hydrogen) atoms. The Hall–Kier alpha value is -1.53. The van der Waals surface area contributed by atoms with Gasteiger partial charge in [-0.25, -0.2) is 0 Å². The molecular formula is C17H21F3N2O. The molecule has 0 aliphatic carbocycles. The van der Waals surface area contributed by atoms with E-state index >= 15 is 0 Å². The van der Waals surface area contributed by atoms with E-state index in [1.807, 2.05) is 37.3 Å². The Bertz CT molecular complexity index is 612. The zero-order chi connectivity index (χ0) is 16.4. The molecule has 1 fully saturated rings. The molecule has 3 rings (SSSR count). The molecule has 1 aromatic carbocycles. The number of para-hydroxylation sites is 1. The van der Waals surface area contributed by atoms with E-state index < -0.39 is 12.7 Å². The third-order valence-corrected chi connectivity index (χ3v) is 4.35. The Morgan fingerprint density at radius 3 is 2.61 bits per heavy atom. The summed E-state index contributed by atoms with van der Waals surface area (Å²) < 4.78 is 43.0. The van der Waals surface area contributed by atoms with Gasteiger partial charge in [-0.1, -0.05) is 18.2 Å². The first-order valence-electron chi connectivity index (χ1n) is 7.94. The zero-order valence-corrected chi connectivity index (χ0v) is 13.1. The number of nitrogens with one attached hydrogen (secondary N) is 1. The van der Waals surface area contributed by atoms with E-state index in [-0.39, 0.29) is 12.1 Å². The summed E-state index contributed by atoms with van der Waals surface area (Å²) in [6.07, 6.45) is -2.66. The number of furan rings is 1. The Balaban J connectivity index is 1.54. The predicted molar refractivity (Wildman–Crippen MR) is 83.3 cm³/mol. The minimum absolute atomic E-state index is 0.0431. The molecule has 1 aliphatic rings. The molecule has 6 heteroatoms. The van der Waals surface area contributed by atoms with Crippen LogP contribution in [-0.4, -0.2) is 36.8 Å². The first-order valence-corrected chi connectivity index (χ1v) is 7.94. The molecule has 3 nitrogen and oxygen atoms in total. The number of nitrogens with zero attached hydrogens (tertiary/aromatic N) is 1. The quantitative estimate of drug-likeness (QED) is 0.916. The second kappa shape index (κ2) is 6.53. The maximum atomic E-state index is 12.4. The number of benzene rings is 1. The van der Waals surface area contributed by atoms with Crippen molar-refractivity contribution < 1.29 is 17.6 Å². The standard InChI is InChI=1S/C17H21F3N2O/c1-12(16-10-13-4-2-3-5-15(13)23-16)21-14-6-8-22(9-7-14)11-17(18,19)20/h2-5,10,12,14,21H,6-9,11H2,1H3. The summed E-state index contributed by atoms with van der Waals surface area (Å²) in [6.45, 7) is 2.17. The summed E-state index contributed by atoms with van der Waals surface area (Å²) in [5, 5.41) is 4.54. The first-order chi connectivity index (χ1) is 10.9. The largest absolute Gasteiger partial charge is 0.459 e. The molecule has 1 N–H and O–H groups in total. The summed E-state index contributed by atoms with van der Waals surface area (Å²) in [4.78, 5) is 1.48. The minimum Gasteiger partial charge on any atom is -0.459 e. The van der Waals surface area contributed by atoms with E-state index in [1.54, 1.807) is 0 Å². The molecule has 1 aromatic heterocycles. The molecule has 2 heterocycles. The lowest BCUT2D eigenvalue weighted by atomic mass is 10.0. The zero-order valence-electron chi connectivity index (χ0n) is 13.1. The molecule has 1 aliphatic heterocycles. The lowest BCUT2D eigenvalue weighted by Gasteiger charge is -2.33. The van der Waals surface area contributed by atoms with E-state index in [0.717, 1.165) is 29.6 Å². The van der Waals surface area contributed by atoms with Crippen LogP contribution in [0, 0.1) is 0 Å². The molecule has 126 valence electrons. The highest BCUT2D eigenvalue weighted by atomic mass is 19.4. The van der Waals surface area contributed by atoms with Gasteiger partial charge in [0.2, 0.25) is 0 Å². The Morgan fingerprint density at radius 1 is 1.26 bits per heavy atom. The van der Waals surface area contributed by atoms with Crippen molar-refractivity contribution in [1.82, 2.24) is 10.2 Å². The van der Waals surface area contributed by atoms with Crippen LogP contribution in [0.25, 0.3) is 11.0 Å². The van der Waals surface area contributed by atoms with Crippen molar-refractivity contribution in [2.24, 2.45) is 0 Å². The highest BCUT2D eigenvalue weighted by molar-refractivity contribution is 5.77. The van der Waals surface area contributed by atoms with E-state index in [1.165, 1.54) is 4.90 Å². The third-order valence-electron chi connectivity index (χ3n) is 4.35. The van der Waals surface area contributed by atoms with Gasteiger partial charge in [-0.2, -0.15) is 13.2 Å². The highest BCUT2D eigenvalue weighted by Crippen LogP contribution is 2.25. The van der Waals surface area contributed by atoms with Crippen molar-refractivity contribution in [2.45, 2.75) is 38.0 Å². The predicted octanol–water partition coefficient (Wildman–Crippen LogP) is 4.11.